The molecule has 4 nitrogen and oxygen atoms in total. The van der Waals surface area contributed by atoms with Crippen LogP contribution < -0.4 is 10.1 Å². The van der Waals surface area contributed by atoms with Crippen LogP contribution in [0.5, 0.6) is 5.75 Å². The number of carbonyl (C=O) groups is 1. The first kappa shape index (κ1) is 14.3. The second-order valence-corrected chi connectivity index (χ2v) is 3.75. The summed E-state index contributed by atoms with van der Waals surface area (Å²) in [5.41, 5.74) is 0.437. The highest BCUT2D eigenvalue weighted by molar-refractivity contribution is 5.86. The van der Waals surface area contributed by atoms with Crippen LogP contribution in [0.25, 0.3) is 0 Å². The third-order valence-electron chi connectivity index (χ3n) is 2.44. The minimum absolute atomic E-state index is 0.437. The summed E-state index contributed by atoms with van der Waals surface area (Å²) < 4.78 is 5.49. The van der Waals surface area contributed by atoms with Crippen molar-refractivity contribution in [1.82, 2.24) is 5.32 Å². The highest BCUT2D eigenvalue weighted by atomic mass is 16.5. The molecule has 18 heavy (non-hydrogen) atoms. The van der Waals surface area contributed by atoms with Crippen molar-refractivity contribution in [3.05, 3.63) is 42.0 Å². The molecule has 0 heterocycles. The Hall–Kier alpha value is -1.81. The molecule has 0 aromatic heterocycles. The van der Waals surface area contributed by atoms with Crippen molar-refractivity contribution < 1.29 is 14.6 Å². The lowest BCUT2D eigenvalue weighted by atomic mass is 10.2. The fourth-order valence-corrected chi connectivity index (χ4v) is 1.44. The van der Waals surface area contributed by atoms with Gasteiger partial charge in [0, 0.05) is 18.7 Å². The number of carboxylic acids is 1. The second-order valence-electron chi connectivity index (χ2n) is 3.75. The quantitative estimate of drug-likeness (QED) is 0.547. The molecule has 0 atom stereocenters. The molecule has 0 bridgehead atoms. The monoisotopic (exact) mass is 249 g/mol. The van der Waals surface area contributed by atoms with Gasteiger partial charge in [-0.2, -0.15) is 0 Å². The Kier molecular flexibility index (Phi) is 6.58. The van der Waals surface area contributed by atoms with E-state index in [9.17, 15) is 4.79 Å². The lowest BCUT2D eigenvalue weighted by molar-refractivity contribution is -0.132. The standard InChI is InChI=1S/C14H19NO3/c1-2-12(14(16)17)8-9-15-10-11-18-13-6-4-3-5-7-13/h3-8,15H,2,9-11H2,1H3,(H,16,17)/b12-8-. The second kappa shape index (κ2) is 8.31. The Morgan fingerprint density at radius 1 is 1.39 bits per heavy atom. The van der Waals surface area contributed by atoms with Gasteiger partial charge in [0.1, 0.15) is 12.4 Å². The number of para-hydroxylation sites is 1. The van der Waals surface area contributed by atoms with Crippen LogP contribution in [-0.2, 0) is 4.79 Å². The molecule has 0 saturated heterocycles. The zero-order chi connectivity index (χ0) is 13.2. The number of benzene rings is 1. The summed E-state index contributed by atoms with van der Waals surface area (Å²) >= 11 is 0. The molecule has 0 aliphatic rings. The molecule has 0 amide bonds. The van der Waals surface area contributed by atoms with E-state index in [4.69, 9.17) is 9.84 Å². The molecule has 0 spiro atoms. The first-order chi connectivity index (χ1) is 8.74. The van der Waals surface area contributed by atoms with E-state index in [0.29, 0.717) is 31.7 Å². The van der Waals surface area contributed by atoms with Gasteiger partial charge in [0.05, 0.1) is 0 Å². The minimum Gasteiger partial charge on any atom is -0.492 e. The lowest BCUT2D eigenvalue weighted by Gasteiger charge is -2.06. The van der Waals surface area contributed by atoms with Gasteiger partial charge in [0.25, 0.3) is 0 Å². The maximum atomic E-state index is 10.7. The predicted octanol–water partition coefficient (Wildman–Crippen LogP) is 2.08. The minimum atomic E-state index is -0.847. The molecule has 0 saturated carbocycles. The van der Waals surface area contributed by atoms with Gasteiger partial charge in [-0.15, -0.1) is 0 Å². The van der Waals surface area contributed by atoms with Crippen molar-refractivity contribution in [3.63, 3.8) is 0 Å². The molecule has 1 aromatic carbocycles. The van der Waals surface area contributed by atoms with Crippen molar-refractivity contribution in [2.24, 2.45) is 0 Å². The molecule has 0 radical (unpaired) electrons. The molecule has 0 aliphatic heterocycles. The third kappa shape index (κ3) is 5.50. The van der Waals surface area contributed by atoms with Crippen molar-refractivity contribution in [3.8, 4) is 5.75 Å². The van der Waals surface area contributed by atoms with Gasteiger partial charge < -0.3 is 15.2 Å². The number of rotatable bonds is 8. The van der Waals surface area contributed by atoms with Crippen LogP contribution >= 0.6 is 0 Å². The molecule has 2 N–H and O–H groups in total. The maximum Gasteiger partial charge on any atom is 0.331 e. The highest BCUT2D eigenvalue weighted by Crippen LogP contribution is 2.07. The maximum absolute atomic E-state index is 10.7. The first-order valence-corrected chi connectivity index (χ1v) is 6.05. The Balaban J connectivity index is 2.14. The third-order valence-corrected chi connectivity index (χ3v) is 2.44. The van der Waals surface area contributed by atoms with E-state index in [1.165, 1.54) is 0 Å². The molecule has 1 rings (SSSR count). The Morgan fingerprint density at radius 2 is 2.11 bits per heavy atom. The number of ether oxygens (including phenoxy) is 1. The van der Waals surface area contributed by atoms with Gasteiger partial charge in [-0.05, 0) is 18.6 Å². The van der Waals surface area contributed by atoms with E-state index in [1.54, 1.807) is 6.08 Å². The molecule has 98 valence electrons. The van der Waals surface area contributed by atoms with Gasteiger partial charge in [-0.25, -0.2) is 4.79 Å². The highest BCUT2D eigenvalue weighted by Gasteiger charge is 2.02. The molecule has 0 unspecified atom stereocenters. The van der Waals surface area contributed by atoms with Crippen LogP contribution in [0.2, 0.25) is 0 Å². The SMILES string of the molecule is CC/C(=C/CNCCOc1ccccc1)C(=O)O. The Bertz CT molecular complexity index is 387. The average molecular weight is 249 g/mol. The largest absolute Gasteiger partial charge is 0.492 e. The zero-order valence-corrected chi connectivity index (χ0v) is 10.6. The van der Waals surface area contributed by atoms with Crippen LogP contribution in [0.4, 0.5) is 0 Å². The van der Waals surface area contributed by atoms with Crippen LogP contribution in [0.1, 0.15) is 13.3 Å². The first-order valence-electron chi connectivity index (χ1n) is 6.05. The van der Waals surface area contributed by atoms with Crippen LogP contribution in [0.15, 0.2) is 42.0 Å². The van der Waals surface area contributed by atoms with Gasteiger partial charge in [-0.3, -0.25) is 0 Å². The molecule has 0 aliphatic carbocycles. The summed E-state index contributed by atoms with van der Waals surface area (Å²) in [6.07, 6.45) is 2.24. The molecule has 0 fully saturated rings. The van der Waals surface area contributed by atoms with E-state index in [-0.39, 0.29) is 0 Å². The summed E-state index contributed by atoms with van der Waals surface area (Å²) in [4.78, 5) is 10.7. The van der Waals surface area contributed by atoms with E-state index in [1.807, 2.05) is 37.3 Å². The van der Waals surface area contributed by atoms with E-state index in [0.717, 1.165) is 5.75 Å². The summed E-state index contributed by atoms with van der Waals surface area (Å²) in [5.74, 6) is -0.00513. The van der Waals surface area contributed by atoms with E-state index < -0.39 is 5.97 Å². The summed E-state index contributed by atoms with van der Waals surface area (Å²) in [5, 5.41) is 11.9. The predicted molar refractivity (Wildman–Crippen MR) is 70.8 cm³/mol. The van der Waals surface area contributed by atoms with E-state index >= 15 is 0 Å². The molecule has 4 heteroatoms. The van der Waals surface area contributed by atoms with Gasteiger partial charge in [-0.1, -0.05) is 31.2 Å². The van der Waals surface area contributed by atoms with Gasteiger partial charge >= 0.3 is 5.97 Å². The smallest absolute Gasteiger partial charge is 0.331 e. The summed E-state index contributed by atoms with van der Waals surface area (Å²) in [6.45, 7) is 3.63. The lowest BCUT2D eigenvalue weighted by Crippen LogP contribution is -2.21. The molecular weight excluding hydrogens is 230 g/mol. The fraction of sp³-hybridized carbons (Fsp3) is 0.357. The van der Waals surface area contributed by atoms with Gasteiger partial charge in [0.15, 0.2) is 0 Å². The zero-order valence-electron chi connectivity index (χ0n) is 10.6. The number of hydrogen-bond donors (Lipinski definition) is 2. The Labute approximate surface area is 107 Å². The van der Waals surface area contributed by atoms with Crippen LogP contribution in [0.3, 0.4) is 0 Å². The van der Waals surface area contributed by atoms with Crippen LogP contribution in [-0.4, -0.2) is 30.8 Å². The molecular formula is C14H19NO3. The van der Waals surface area contributed by atoms with Crippen molar-refractivity contribution in [2.45, 2.75) is 13.3 Å². The normalized spacial score (nSPS) is 11.3. The number of nitrogens with one attached hydrogen (secondary N) is 1. The van der Waals surface area contributed by atoms with Crippen molar-refractivity contribution in [2.75, 3.05) is 19.7 Å². The van der Waals surface area contributed by atoms with Gasteiger partial charge in [0.2, 0.25) is 0 Å². The molecule has 1 aromatic rings. The van der Waals surface area contributed by atoms with Crippen molar-refractivity contribution in [1.29, 1.82) is 0 Å². The number of carboxylic acid groups (broad SMARTS) is 1. The number of hydrogen-bond acceptors (Lipinski definition) is 3. The summed E-state index contributed by atoms with van der Waals surface area (Å²) in [6, 6.07) is 9.59. The van der Waals surface area contributed by atoms with Crippen molar-refractivity contribution >= 4 is 5.97 Å². The summed E-state index contributed by atoms with van der Waals surface area (Å²) in [7, 11) is 0. The number of aliphatic carboxylic acids is 1. The topological polar surface area (TPSA) is 58.6 Å². The van der Waals surface area contributed by atoms with Crippen LogP contribution in [0, 0.1) is 0 Å². The fourth-order valence-electron chi connectivity index (χ4n) is 1.44. The van der Waals surface area contributed by atoms with E-state index in [2.05, 4.69) is 5.32 Å². The average Bonchev–Trinajstić information content (AvgIpc) is 2.38. The Morgan fingerprint density at radius 3 is 2.72 bits per heavy atom.